The normalized spacial score (nSPS) is 42.7. The maximum absolute atomic E-state index is 11.5. The Labute approximate surface area is 219 Å². The SMILES string of the molecule is COC(=O)CCC/C=C(\C)C1CCC2C3CC=C4C[C@@H](O[C@@H]5CCCCO5)CCC4(C)C3CC[C@]12C. The molecule has 4 nitrogen and oxygen atoms in total. The summed E-state index contributed by atoms with van der Waals surface area (Å²) in [6.45, 7) is 8.45. The number of carbonyl (C=O) groups is 1. The van der Waals surface area contributed by atoms with Gasteiger partial charge in [0.25, 0.3) is 0 Å². The second-order valence-electron chi connectivity index (χ2n) is 13.1. The van der Waals surface area contributed by atoms with Crippen molar-refractivity contribution in [3.8, 4) is 0 Å². The Balaban J connectivity index is 1.23. The van der Waals surface area contributed by atoms with E-state index in [4.69, 9.17) is 14.2 Å². The number of hydrogen-bond acceptors (Lipinski definition) is 4. The molecule has 36 heavy (non-hydrogen) atoms. The zero-order chi connectivity index (χ0) is 25.3. The number of carbonyl (C=O) groups excluding carboxylic acids is 1. The third kappa shape index (κ3) is 4.98. The molecule has 0 aromatic carbocycles. The molecule has 202 valence electrons. The number of unbranched alkanes of at least 4 members (excludes halogenated alkanes) is 1. The first-order valence-corrected chi connectivity index (χ1v) is 15.0. The predicted molar refractivity (Wildman–Crippen MR) is 143 cm³/mol. The minimum atomic E-state index is -0.0894. The van der Waals surface area contributed by atoms with Gasteiger partial charge in [-0.05, 0) is 125 Å². The van der Waals surface area contributed by atoms with Crippen molar-refractivity contribution in [2.75, 3.05) is 13.7 Å². The summed E-state index contributed by atoms with van der Waals surface area (Å²) < 4.78 is 17.2. The van der Waals surface area contributed by atoms with Gasteiger partial charge in [-0.2, -0.15) is 0 Å². The molecule has 0 N–H and O–H groups in total. The van der Waals surface area contributed by atoms with Crippen molar-refractivity contribution < 1.29 is 19.0 Å². The molecule has 1 aliphatic heterocycles. The topological polar surface area (TPSA) is 44.8 Å². The summed E-state index contributed by atoms with van der Waals surface area (Å²) in [6, 6.07) is 0. The van der Waals surface area contributed by atoms with Crippen LogP contribution < -0.4 is 0 Å². The Kier molecular flexibility index (Phi) is 8.04. The smallest absolute Gasteiger partial charge is 0.305 e. The van der Waals surface area contributed by atoms with E-state index < -0.39 is 0 Å². The Morgan fingerprint density at radius 1 is 1.11 bits per heavy atom. The molecule has 5 rings (SSSR count). The van der Waals surface area contributed by atoms with Gasteiger partial charge in [0.2, 0.25) is 0 Å². The first kappa shape index (κ1) is 26.5. The standard InChI is InChI=1S/C32H50O4/c1-22(9-5-6-10-29(33)34-4)26-14-15-27-25-13-12-23-21-24(36-30-11-7-8-20-35-30)16-18-31(23,2)28(25)17-19-32(26,27)3/h9,12,24-28,30H,5-8,10-11,13-21H2,1-4H3/b22-9+/t24-,25?,26?,27?,28?,30+,31?,32+/m0/s1. The molecular formula is C32H50O4. The van der Waals surface area contributed by atoms with Crippen LogP contribution in [0.25, 0.3) is 0 Å². The first-order chi connectivity index (χ1) is 17.3. The highest BCUT2D eigenvalue weighted by Crippen LogP contribution is 2.67. The largest absolute Gasteiger partial charge is 0.469 e. The van der Waals surface area contributed by atoms with Gasteiger partial charge in [0.15, 0.2) is 6.29 Å². The highest BCUT2D eigenvalue weighted by molar-refractivity contribution is 5.69. The average Bonchev–Trinajstić information content (AvgIpc) is 3.24. The van der Waals surface area contributed by atoms with E-state index >= 15 is 0 Å². The number of fused-ring (bicyclic) bond motifs is 5. The Morgan fingerprint density at radius 3 is 2.75 bits per heavy atom. The molecule has 4 fully saturated rings. The number of ether oxygens (including phenoxy) is 3. The van der Waals surface area contributed by atoms with Crippen LogP contribution in [-0.2, 0) is 19.0 Å². The third-order valence-corrected chi connectivity index (χ3v) is 11.4. The molecule has 5 unspecified atom stereocenters. The van der Waals surface area contributed by atoms with Crippen LogP contribution in [0.4, 0.5) is 0 Å². The zero-order valence-corrected chi connectivity index (χ0v) is 23.4. The van der Waals surface area contributed by atoms with Crippen molar-refractivity contribution in [3.05, 3.63) is 23.3 Å². The fraction of sp³-hybridized carbons (Fsp3) is 0.844. The molecule has 1 saturated heterocycles. The van der Waals surface area contributed by atoms with Crippen LogP contribution in [-0.4, -0.2) is 32.1 Å². The monoisotopic (exact) mass is 498 g/mol. The van der Waals surface area contributed by atoms with Gasteiger partial charge in [-0.15, -0.1) is 0 Å². The lowest BCUT2D eigenvalue weighted by atomic mass is 9.47. The first-order valence-electron chi connectivity index (χ1n) is 15.0. The van der Waals surface area contributed by atoms with Gasteiger partial charge < -0.3 is 14.2 Å². The molecule has 0 spiro atoms. The van der Waals surface area contributed by atoms with Gasteiger partial charge in [0, 0.05) is 13.0 Å². The molecule has 5 aliphatic rings. The lowest BCUT2D eigenvalue weighted by Gasteiger charge is -2.58. The summed E-state index contributed by atoms with van der Waals surface area (Å²) in [5, 5.41) is 0. The van der Waals surface area contributed by atoms with Crippen LogP contribution in [0.3, 0.4) is 0 Å². The van der Waals surface area contributed by atoms with Gasteiger partial charge in [0.1, 0.15) is 0 Å². The quantitative estimate of drug-likeness (QED) is 0.204. The number of rotatable bonds is 7. The van der Waals surface area contributed by atoms with E-state index in [1.165, 1.54) is 64.9 Å². The molecule has 4 heteroatoms. The fourth-order valence-electron chi connectivity index (χ4n) is 9.35. The molecule has 1 heterocycles. The van der Waals surface area contributed by atoms with Crippen molar-refractivity contribution in [1.82, 2.24) is 0 Å². The zero-order valence-electron chi connectivity index (χ0n) is 23.4. The Bertz CT molecular complexity index is 854. The van der Waals surface area contributed by atoms with Crippen molar-refractivity contribution in [1.29, 1.82) is 0 Å². The molecule has 0 bridgehead atoms. The summed E-state index contributed by atoms with van der Waals surface area (Å²) in [4.78, 5) is 11.5. The number of allylic oxidation sites excluding steroid dienone is 3. The van der Waals surface area contributed by atoms with E-state index in [-0.39, 0.29) is 12.3 Å². The highest BCUT2D eigenvalue weighted by Gasteiger charge is 2.58. The van der Waals surface area contributed by atoms with Gasteiger partial charge in [-0.25, -0.2) is 0 Å². The summed E-state index contributed by atoms with van der Waals surface area (Å²) in [5.74, 6) is 3.14. The third-order valence-electron chi connectivity index (χ3n) is 11.4. The van der Waals surface area contributed by atoms with Crippen molar-refractivity contribution in [3.63, 3.8) is 0 Å². The molecular weight excluding hydrogens is 448 g/mol. The summed E-state index contributed by atoms with van der Waals surface area (Å²) >= 11 is 0. The minimum Gasteiger partial charge on any atom is -0.469 e. The molecule has 3 saturated carbocycles. The summed E-state index contributed by atoms with van der Waals surface area (Å²) in [5.41, 5.74) is 4.08. The predicted octanol–water partition coefficient (Wildman–Crippen LogP) is 7.77. The second-order valence-corrected chi connectivity index (χ2v) is 13.1. The van der Waals surface area contributed by atoms with Gasteiger partial charge in [-0.1, -0.05) is 37.1 Å². The van der Waals surface area contributed by atoms with E-state index in [1.54, 1.807) is 11.1 Å². The van der Waals surface area contributed by atoms with Gasteiger partial charge >= 0.3 is 5.97 Å². The maximum atomic E-state index is 11.5. The molecule has 4 aliphatic carbocycles. The average molecular weight is 499 g/mol. The molecule has 0 aromatic heterocycles. The Morgan fingerprint density at radius 2 is 1.97 bits per heavy atom. The van der Waals surface area contributed by atoms with E-state index in [0.717, 1.165) is 50.0 Å². The van der Waals surface area contributed by atoms with Crippen molar-refractivity contribution in [2.24, 2.45) is 34.5 Å². The van der Waals surface area contributed by atoms with Crippen LogP contribution >= 0.6 is 0 Å². The van der Waals surface area contributed by atoms with Crippen LogP contribution in [0.1, 0.15) is 111 Å². The van der Waals surface area contributed by atoms with Crippen LogP contribution in [0, 0.1) is 34.5 Å². The minimum absolute atomic E-state index is 0.0348. The maximum Gasteiger partial charge on any atom is 0.305 e. The van der Waals surface area contributed by atoms with Gasteiger partial charge in [0.05, 0.1) is 13.2 Å². The van der Waals surface area contributed by atoms with Crippen molar-refractivity contribution in [2.45, 2.75) is 123 Å². The van der Waals surface area contributed by atoms with Gasteiger partial charge in [-0.3, -0.25) is 4.79 Å². The van der Waals surface area contributed by atoms with E-state index in [1.807, 2.05) is 0 Å². The second kappa shape index (κ2) is 10.9. The van der Waals surface area contributed by atoms with E-state index in [9.17, 15) is 4.79 Å². The van der Waals surface area contributed by atoms with E-state index in [2.05, 4.69) is 32.9 Å². The van der Waals surface area contributed by atoms with E-state index in [0.29, 0.717) is 29.3 Å². The molecule has 0 amide bonds. The summed E-state index contributed by atoms with van der Waals surface area (Å²) in [7, 11) is 1.48. The number of hydrogen-bond donors (Lipinski definition) is 0. The Hall–Kier alpha value is -1.13. The van der Waals surface area contributed by atoms with Crippen LogP contribution in [0.15, 0.2) is 23.3 Å². The molecule has 0 radical (unpaired) electrons. The number of esters is 1. The molecule has 8 atom stereocenters. The fourth-order valence-corrected chi connectivity index (χ4v) is 9.35. The summed E-state index contributed by atoms with van der Waals surface area (Å²) in [6.07, 6.45) is 21.7. The lowest BCUT2D eigenvalue weighted by Crippen LogP contribution is -2.50. The van der Waals surface area contributed by atoms with Crippen molar-refractivity contribution >= 4 is 5.97 Å². The number of methoxy groups -OCH3 is 1. The van der Waals surface area contributed by atoms with Crippen LogP contribution in [0.5, 0.6) is 0 Å². The lowest BCUT2D eigenvalue weighted by molar-refractivity contribution is -0.195. The highest BCUT2D eigenvalue weighted by atomic mass is 16.7. The van der Waals surface area contributed by atoms with Crippen LogP contribution in [0.2, 0.25) is 0 Å². The molecule has 0 aromatic rings.